The van der Waals surface area contributed by atoms with Gasteiger partial charge in [-0.2, -0.15) is 0 Å². The van der Waals surface area contributed by atoms with Crippen LogP contribution in [0, 0.1) is 17.8 Å². The average Bonchev–Trinajstić information content (AvgIpc) is 3.24. The van der Waals surface area contributed by atoms with Gasteiger partial charge in [0.2, 0.25) is 0 Å². The fourth-order valence-corrected chi connectivity index (χ4v) is 4.37. The van der Waals surface area contributed by atoms with E-state index in [2.05, 4.69) is 17.1 Å². The molecule has 0 spiro atoms. The number of carbonyl (C=O) groups excluding carboxylic acids is 1. The first-order chi connectivity index (χ1) is 11.8. The lowest BCUT2D eigenvalue weighted by Crippen LogP contribution is -2.51. The van der Waals surface area contributed by atoms with Gasteiger partial charge in [0.15, 0.2) is 6.61 Å². The molecule has 1 aliphatic heterocycles. The Balaban J connectivity index is 1.20. The van der Waals surface area contributed by atoms with Crippen molar-refractivity contribution in [3.63, 3.8) is 0 Å². The number of allylic oxidation sites excluding steroid dienone is 2. The molecule has 128 valence electrons. The van der Waals surface area contributed by atoms with Crippen molar-refractivity contribution in [2.45, 2.75) is 12.8 Å². The third-order valence-corrected chi connectivity index (χ3v) is 5.74. The minimum absolute atomic E-state index is 0.0985. The molecule has 3 atom stereocenters. The van der Waals surface area contributed by atoms with Gasteiger partial charge in [-0.15, -0.1) is 0 Å². The molecule has 1 saturated carbocycles. The van der Waals surface area contributed by atoms with Crippen molar-refractivity contribution >= 4 is 5.91 Å². The number of benzene rings is 1. The summed E-state index contributed by atoms with van der Waals surface area (Å²) in [4.78, 5) is 16.8. The van der Waals surface area contributed by atoms with Crippen molar-refractivity contribution in [1.82, 2.24) is 9.80 Å². The number of nitrogens with zero attached hydrogens (tertiary/aromatic N) is 2. The molecule has 3 aliphatic rings. The molecule has 0 N–H and O–H groups in total. The van der Waals surface area contributed by atoms with Crippen LogP contribution >= 0.6 is 0 Å². The van der Waals surface area contributed by atoms with Crippen LogP contribution in [0.4, 0.5) is 0 Å². The van der Waals surface area contributed by atoms with Crippen LogP contribution in [0.1, 0.15) is 12.8 Å². The number of hydrogen-bond acceptors (Lipinski definition) is 3. The highest BCUT2D eigenvalue weighted by Gasteiger charge is 2.36. The number of rotatable bonds is 5. The van der Waals surface area contributed by atoms with Crippen LogP contribution in [0.2, 0.25) is 0 Å². The minimum Gasteiger partial charge on any atom is -0.484 e. The molecule has 2 fully saturated rings. The maximum Gasteiger partial charge on any atom is 0.260 e. The summed E-state index contributed by atoms with van der Waals surface area (Å²) < 4.78 is 5.58. The summed E-state index contributed by atoms with van der Waals surface area (Å²) in [6.07, 6.45) is 7.58. The van der Waals surface area contributed by atoms with Crippen molar-refractivity contribution in [2.24, 2.45) is 17.8 Å². The minimum atomic E-state index is 0.0985. The number of piperazine rings is 1. The zero-order chi connectivity index (χ0) is 16.4. The smallest absolute Gasteiger partial charge is 0.260 e. The Morgan fingerprint density at radius 2 is 1.83 bits per heavy atom. The van der Waals surface area contributed by atoms with Gasteiger partial charge in [0.1, 0.15) is 5.75 Å². The molecular weight excluding hydrogens is 300 g/mol. The fraction of sp³-hybridized carbons (Fsp3) is 0.550. The predicted octanol–water partition coefficient (Wildman–Crippen LogP) is 2.42. The number of amides is 1. The number of fused-ring (bicyclic) bond motifs is 2. The summed E-state index contributed by atoms with van der Waals surface area (Å²) in [5.41, 5.74) is 0. The van der Waals surface area contributed by atoms with E-state index in [0.717, 1.165) is 49.7 Å². The normalized spacial score (nSPS) is 29.2. The molecule has 4 heteroatoms. The summed E-state index contributed by atoms with van der Waals surface area (Å²) in [5, 5.41) is 0. The molecule has 1 aromatic carbocycles. The zero-order valence-electron chi connectivity index (χ0n) is 14.1. The standard InChI is InChI=1S/C20H26N2O2/c23-20(15-24-19-4-2-1-3-5-19)22-10-8-21(9-11-22)14-18-13-16-6-7-17(18)12-16/h1-7,16-18H,8-15H2/t16-,17-,18+/m0/s1. The van der Waals surface area contributed by atoms with Crippen LogP contribution in [0.5, 0.6) is 5.75 Å². The van der Waals surface area contributed by atoms with Crippen molar-refractivity contribution in [1.29, 1.82) is 0 Å². The molecule has 1 amide bonds. The summed E-state index contributed by atoms with van der Waals surface area (Å²) in [6, 6.07) is 9.55. The monoisotopic (exact) mass is 326 g/mol. The largest absolute Gasteiger partial charge is 0.484 e. The van der Waals surface area contributed by atoms with Crippen LogP contribution in [0.3, 0.4) is 0 Å². The Kier molecular flexibility index (Phi) is 4.56. The molecule has 1 saturated heterocycles. The van der Waals surface area contributed by atoms with E-state index < -0.39 is 0 Å². The number of para-hydroxylation sites is 1. The topological polar surface area (TPSA) is 32.8 Å². The van der Waals surface area contributed by atoms with Gasteiger partial charge < -0.3 is 9.64 Å². The maximum absolute atomic E-state index is 12.3. The Labute approximate surface area is 144 Å². The number of carbonyl (C=O) groups is 1. The Hall–Kier alpha value is -1.81. The zero-order valence-corrected chi connectivity index (χ0v) is 14.1. The molecule has 0 aromatic heterocycles. The van der Waals surface area contributed by atoms with Crippen molar-refractivity contribution in [3.8, 4) is 5.75 Å². The molecule has 1 heterocycles. The third kappa shape index (κ3) is 3.48. The van der Waals surface area contributed by atoms with E-state index in [4.69, 9.17) is 4.74 Å². The lowest BCUT2D eigenvalue weighted by atomic mass is 9.93. The first kappa shape index (κ1) is 15.7. The lowest BCUT2D eigenvalue weighted by Gasteiger charge is -2.36. The van der Waals surface area contributed by atoms with Gasteiger partial charge in [0, 0.05) is 32.7 Å². The van der Waals surface area contributed by atoms with Crippen LogP contribution in [0.25, 0.3) is 0 Å². The number of ether oxygens (including phenoxy) is 1. The van der Waals surface area contributed by atoms with Crippen molar-refractivity contribution in [3.05, 3.63) is 42.5 Å². The summed E-state index contributed by atoms with van der Waals surface area (Å²) in [7, 11) is 0. The predicted molar refractivity (Wildman–Crippen MR) is 93.8 cm³/mol. The van der Waals surface area contributed by atoms with Gasteiger partial charge in [-0.1, -0.05) is 30.4 Å². The van der Waals surface area contributed by atoms with E-state index in [0.29, 0.717) is 0 Å². The van der Waals surface area contributed by atoms with E-state index in [1.165, 1.54) is 19.4 Å². The molecule has 24 heavy (non-hydrogen) atoms. The molecule has 4 rings (SSSR count). The fourth-order valence-electron chi connectivity index (χ4n) is 4.37. The van der Waals surface area contributed by atoms with E-state index >= 15 is 0 Å². The molecule has 1 aromatic rings. The van der Waals surface area contributed by atoms with Crippen LogP contribution in [-0.2, 0) is 4.79 Å². The van der Waals surface area contributed by atoms with Gasteiger partial charge in [0.25, 0.3) is 5.91 Å². The van der Waals surface area contributed by atoms with Crippen molar-refractivity contribution < 1.29 is 9.53 Å². The van der Waals surface area contributed by atoms with Crippen molar-refractivity contribution in [2.75, 3.05) is 39.3 Å². The van der Waals surface area contributed by atoms with Crippen LogP contribution < -0.4 is 4.74 Å². The van der Waals surface area contributed by atoms with Gasteiger partial charge in [0.05, 0.1) is 0 Å². The Morgan fingerprint density at radius 3 is 2.50 bits per heavy atom. The molecule has 2 bridgehead atoms. The third-order valence-electron chi connectivity index (χ3n) is 5.74. The Bertz CT molecular complexity index is 593. The lowest BCUT2D eigenvalue weighted by molar-refractivity contribution is -0.135. The van der Waals surface area contributed by atoms with Crippen LogP contribution in [0.15, 0.2) is 42.5 Å². The molecule has 4 nitrogen and oxygen atoms in total. The maximum atomic E-state index is 12.3. The van der Waals surface area contributed by atoms with E-state index in [9.17, 15) is 4.79 Å². The van der Waals surface area contributed by atoms with E-state index in [1.807, 2.05) is 35.2 Å². The second-order valence-electron chi connectivity index (χ2n) is 7.32. The number of hydrogen-bond donors (Lipinski definition) is 0. The second kappa shape index (κ2) is 6.98. The van der Waals surface area contributed by atoms with Crippen LogP contribution in [-0.4, -0.2) is 55.0 Å². The summed E-state index contributed by atoms with van der Waals surface area (Å²) in [5.74, 6) is 3.35. The Morgan fingerprint density at radius 1 is 1.04 bits per heavy atom. The second-order valence-corrected chi connectivity index (χ2v) is 7.32. The summed E-state index contributed by atoms with van der Waals surface area (Å²) in [6.45, 7) is 4.99. The molecule has 2 aliphatic carbocycles. The summed E-state index contributed by atoms with van der Waals surface area (Å²) >= 11 is 0. The van der Waals surface area contributed by atoms with Gasteiger partial charge >= 0.3 is 0 Å². The first-order valence-electron chi connectivity index (χ1n) is 9.14. The molecule has 0 unspecified atom stereocenters. The van der Waals surface area contributed by atoms with Gasteiger partial charge in [-0.05, 0) is 42.7 Å². The quantitative estimate of drug-likeness (QED) is 0.779. The van der Waals surface area contributed by atoms with Gasteiger partial charge in [-0.3, -0.25) is 9.69 Å². The van der Waals surface area contributed by atoms with Gasteiger partial charge in [-0.25, -0.2) is 0 Å². The first-order valence-corrected chi connectivity index (χ1v) is 9.14. The highest BCUT2D eigenvalue weighted by atomic mass is 16.5. The molecule has 0 radical (unpaired) electrons. The highest BCUT2D eigenvalue weighted by Crippen LogP contribution is 2.43. The highest BCUT2D eigenvalue weighted by molar-refractivity contribution is 5.77. The van der Waals surface area contributed by atoms with E-state index in [-0.39, 0.29) is 12.5 Å². The average molecular weight is 326 g/mol. The van der Waals surface area contributed by atoms with E-state index in [1.54, 1.807) is 0 Å². The molecular formula is C20H26N2O2. The SMILES string of the molecule is O=C(COc1ccccc1)N1CCN(C[C@H]2C[C@H]3C=C[C@H]2C3)CC1.